The normalized spacial score (nSPS) is 30.3. The Morgan fingerprint density at radius 1 is 1.29 bits per heavy atom. The van der Waals surface area contributed by atoms with Gasteiger partial charge >= 0.3 is 0 Å². The molecule has 1 heterocycles. The van der Waals surface area contributed by atoms with Crippen LogP contribution in [0.15, 0.2) is 24.3 Å². The van der Waals surface area contributed by atoms with E-state index in [0.29, 0.717) is 12.0 Å². The number of ether oxygens (including phenoxy) is 1. The van der Waals surface area contributed by atoms with Crippen LogP contribution in [0.1, 0.15) is 38.2 Å². The van der Waals surface area contributed by atoms with Gasteiger partial charge in [-0.2, -0.15) is 0 Å². The zero-order valence-corrected chi connectivity index (χ0v) is 13.1. The Labute approximate surface area is 128 Å². The third-order valence-electron chi connectivity index (χ3n) is 5.40. The van der Waals surface area contributed by atoms with E-state index in [4.69, 9.17) is 10.5 Å². The number of nitrogens with zero attached hydrogens (tertiary/aromatic N) is 1. The van der Waals surface area contributed by atoms with E-state index in [9.17, 15) is 0 Å². The van der Waals surface area contributed by atoms with Gasteiger partial charge in [-0.25, -0.2) is 0 Å². The molecular formula is C18H28N2O. The number of benzene rings is 1. The molecule has 21 heavy (non-hydrogen) atoms. The lowest BCUT2D eigenvalue weighted by Crippen LogP contribution is -2.47. The van der Waals surface area contributed by atoms with Crippen molar-refractivity contribution in [3.8, 4) is 5.75 Å². The van der Waals surface area contributed by atoms with Gasteiger partial charge in [0.15, 0.2) is 0 Å². The summed E-state index contributed by atoms with van der Waals surface area (Å²) in [6, 6.07) is 9.09. The highest BCUT2D eigenvalue weighted by atomic mass is 16.5. The fourth-order valence-corrected chi connectivity index (χ4v) is 4.02. The fourth-order valence-electron chi connectivity index (χ4n) is 4.02. The van der Waals surface area contributed by atoms with Gasteiger partial charge in [0, 0.05) is 24.7 Å². The predicted molar refractivity (Wildman–Crippen MR) is 86.3 cm³/mol. The molecule has 3 unspecified atom stereocenters. The molecule has 3 nitrogen and oxygen atoms in total. The molecule has 1 aromatic carbocycles. The van der Waals surface area contributed by atoms with Crippen LogP contribution in [0, 0.1) is 11.8 Å². The van der Waals surface area contributed by atoms with Crippen molar-refractivity contribution in [3.63, 3.8) is 0 Å². The smallest absolute Gasteiger partial charge is 0.123 e. The van der Waals surface area contributed by atoms with Crippen LogP contribution in [0.4, 0.5) is 0 Å². The number of para-hydroxylation sites is 1. The quantitative estimate of drug-likeness (QED) is 0.929. The Bertz CT molecular complexity index is 462. The number of hydrogen-bond donors (Lipinski definition) is 1. The van der Waals surface area contributed by atoms with E-state index >= 15 is 0 Å². The van der Waals surface area contributed by atoms with Crippen LogP contribution < -0.4 is 10.5 Å². The Morgan fingerprint density at radius 2 is 2.14 bits per heavy atom. The van der Waals surface area contributed by atoms with Crippen LogP contribution in [0.2, 0.25) is 0 Å². The van der Waals surface area contributed by atoms with E-state index < -0.39 is 0 Å². The molecule has 3 rings (SSSR count). The standard InChI is InChI=1S/C18H28N2O/c1-2-14-7-8-15(12-19)17(11-14)20-9-10-21-18-6-4-3-5-16(18)13-20/h3-6,14-15,17H,2,7-13,19H2,1H3. The van der Waals surface area contributed by atoms with Crippen LogP contribution in [-0.4, -0.2) is 30.6 Å². The average Bonchev–Trinajstić information content (AvgIpc) is 2.76. The molecule has 0 aromatic heterocycles. The summed E-state index contributed by atoms with van der Waals surface area (Å²) in [6.45, 7) is 5.97. The Hall–Kier alpha value is -1.06. The zero-order valence-electron chi connectivity index (χ0n) is 13.1. The highest BCUT2D eigenvalue weighted by molar-refractivity contribution is 5.33. The highest BCUT2D eigenvalue weighted by Crippen LogP contribution is 2.35. The van der Waals surface area contributed by atoms with E-state index in [1.807, 2.05) is 0 Å². The first-order valence-electron chi connectivity index (χ1n) is 8.46. The first kappa shape index (κ1) is 14.9. The Balaban J connectivity index is 1.78. The Morgan fingerprint density at radius 3 is 2.95 bits per heavy atom. The van der Waals surface area contributed by atoms with Gasteiger partial charge in [0.2, 0.25) is 0 Å². The minimum atomic E-state index is 0.628. The molecular weight excluding hydrogens is 260 g/mol. The first-order chi connectivity index (χ1) is 10.3. The Kier molecular flexibility index (Phi) is 4.81. The van der Waals surface area contributed by atoms with Gasteiger partial charge in [-0.3, -0.25) is 4.90 Å². The molecule has 3 heteroatoms. The van der Waals surface area contributed by atoms with Crippen molar-refractivity contribution in [2.24, 2.45) is 17.6 Å². The van der Waals surface area contributed by atoms with Crippen molar-refractivity contribution in [3.05, 3.63) is 29.8 Å². The van der Waals surface area contributed by atoms with Crippen LogP contribution >= 0.6 is 0 Å². The number of nitrogens with two attached hydrogens (primary N) is 1. The summed E-state index contributed by atoms with van der Waals surface area (Å²) in [6.07, 6.45) is 5.25. The summed E-state index contributed by atoms with van der Waals surface area (Å²) in [4.78, 5) is 2.63. The molecule has 0 bridgehead atoms. The molecule has 2 N–H and O–H groups in total. The maximum absolute atomic E-state index is 6.06. The van der Waals surface area contributed by atoms with Gasteiger partial charge < -0.3 is 10.5 Å². The lowest BCUT2D eigenvalue weighted by molar-refractivity contribution is 0.0697. The van der Waals surface area contributed by atoms with Gasteiger partial charge in [-0.15, -0.1) is 0 Å². The number of fused-ring (bicyclic) bond motifs is 1. The van der Waals surface area contributed by atoms with Crippen LogP contribution in [0.5, 0.6) is 5.75 Å². The monoisotopic (exact) mass is 288 g/mol. The molecule has 1 aromatic rings. The van der Waals surface area contributed by atoms with Gasteiger partial charge in [0.1, 0.15) is 12.4 Å². The minimum absolute atomic E-state index is 0.628. The molecule has 0 amide bonds. The minimum Gasteiger partial charge on any atom is -0.492 e. The maximum Gasteiger partial charge on any atom is 0.123 e. The fraction of sp³-hybridized carbons (Fsp3) is 0.667. The first-order valence-corrected chi connectivity index (χ1v) is 8.46. The van der Waals surface area contributed by atoms with Crippen molar-refractivity contribution < 1.29 is 4.74 Å². The SMILES string of the molecule is CCC1CCC(CN)C(N2CCOc3ccccc3C2)C1. The van der Waals surface area contributed by atoms with E-state index in [1.165, 1.54) is 31.2 Å². The summed E-state index contributed by atoms with van der Waals surface area (Å²) in [5.41, 5.74) is 7.39. The van der Waals surface area contributed by atoms with Gasteiger partial charge in [0.05, 0.1) is 0 Å². The third-order valence-corrected chi connectivity index (χ3v) is 5.40. The summed E-state index contributed by atoms with van der Waals surface area (Å²) >= 11 is 0. The molecule has 0 saturated heterocycles. The van der Waals surface area contributed by atoms with Crippen molar-refractivity contribution in [1.82, 2.24) is 4.90 Å². The maximum atomic E-state index is 6.06. The van der Waals surface area contributed by atoms with Gasteiger partial charge in [-0.05, 0) is 37.3 Å². The summed E-state index contributed by atoms with van der Waals surface area (Å²) < 4.78 is 5.92. The lowest BCUT2D eigenvalue weighted by atomic mass is 9.76. The van der Waals surface area contributed by atoms with E-state index in [0.717, 1.165) is 37.9 Å². The zero-order chi connectivity index (χ0) is 14.7. The number of rotatable bonds is 3. The molecule has 0 radical (unpaired) electrons. The summed E-state index contributed by atoms with van der Waals surface area (Å²) in [5, 5.41) is 0. The molecule has 1 aliphatic carbocycles. The third kappa shape index (κ3) is 3.24. The van der Waals surface area contributed by atoms with Crippen molar-refractivity contribution in [2.45, 2.75) is 45.2 Å². The molecule has 0 spiro atoms. The van der Waals surface area contributed by atoms with Crippen molar-refractivity contribution in [2.75, 3.05) is 19.7 Å². The van der Waals surface area contributed by atoms with Crippen LogP contribution in [-0.2, 0) is 6.54 Å². The van der Waals surface area contributed by atoms with E-state index in [1.54, 1.807) is 0 Å². The van der Waals surface area contributed by atoms with Gasteiger partial charge in [-0.1, -0.05) is 38.0 Å². The molecule has 2 aliphatic rings. The summed E-state index contributed by atoms with van der Waals surface area (Å²) in [5.74, 6) is 2.59. The second-order valence-corrected chi connectivity index (χ2v) is 6.58. The average molecular weight is 288 g/mol. The molecule has 3 atom stereocenters. The highest BCUT2D eigenvalue weighted by Gasteiger charge is 2.34. The molecule has 1 aliphatic heterocycles. The second-order valence-electron chi connectivity index (χ2n) is 6.58. The number of hydrogen-bond acceptors (Lipinski definition) is 3. The van der Waals surface area contributed by atoms with Crippen LogP contribution in [0.25, 0.3) is 0 Å². The lowest BCUT2D eigenvalue weighted by Gasteiger charge is -2.42. The molecule has 1 saturated carbocycles. The molecule has 1 fully saturated rings. The second kappa shape index (κ2) is 6.80. The topological polar surface area (TPSA) is 38.5 Å². The van der Waals surface area contributed by atoms with Crippen molar-refractivity contribution >= 4 is 0 Å². The van der Waals surface area contributed by atoms with Gasteiger partial charge in [0.25, 0.3) is 0 Å². The van der Waals surface area contributed by atoms with Crippen LogP contribution in [0.3, 0.4) is 0 Å². The van der Waals surface area contributed by atoms with E-state index in [2.05, 4.69) is 36.1 Å². The largest absolute Gasteiger partial charge is 0.492 e. The molecule has 116 valence electrons. The van der Waals surface area contributed by atoms with Crippen molar-refractivity contribution in [1.29, 1.82) is 0 Å². The predicted octanol–water partition coefficient (Wildman–Crippen LogP) is 3.03. The van der Waals surface area contributed by atoms with E-state index in [-0.39, 0.29) is 0 Å². The summed E-state index contributed by atoms with van der Waals surface area (Å²) in [7, 11) is 0.